The molecule has 0 N–H and O–H groups in total. The fourth-order valence-electron chi connectivity index (χ4n) is 2.48. The molecule has 0 fully saturated rings. The number of carbonyl (C=O) groups is 2. The lowest BCUT2D eigenvalue weighted by molar-refractivity contribution is -0.117. The van der Waals surface area contributed by atoms with Gasteiger partial charge in [0.25, 0.3) is 0 Å². The Hall–Kier alpha value is -2.62. The first-order valence-corrected chi connectivity index (χ1v) is 6.71. The number of amides is 1. The maximum Gasteiger partial charge on any atom is 0.239 e. The number of Topliss-reactive ketones (excluding diaryl/α,β-unsaturated/α-hetero) is 1. The van der Waals surface area contributed by atoms with E-state index in [9.17, 15) is 9.59 Å². The molecule has 1 aliphatic rings. The van der Waals surface area contributed by atoms with E-state index in [1.165, 1.54) is 0 Å². The van der Waals surface area contributed by atoms with E-state index in [1.54, 1.807) is 30.2 Å². The van der Waals surface area contributed by atoms with Crippen molar-refractivity contribution in [2.45, 2.75) is 13.3 Å². The van der Waals surface area contributed by atoms with Crippen LogP contribution in [0.25, 0.3) is 0 Å². The van der Waals surface area contributed by atoms with E-state index in [0.717, 1.165) is 11.3 Å². The highest BCUT2D eigenvalue weighted by Crippen LogP contribution is 2.36. The van der Waals surface area contributed by atoms with Gasteiger partial charge in [0.15, 0.2) is 5.78 Å². The molecule has 0 unspecified atom stereocenters. The minimum atomic E-state index is -0.218. The summed E-state index contributed by atoms with van der Waals surface area (Å²) in [7, 11) is 1.56. The fraction of sp³-hybridized carbons (Fsp3) is 0.176. The van der Waals surface area contributed by atoms with Crippen molar-refractivity contribution in [3.63, 3.8) is 0 Å². The quantitative estimate of drug-likeness (QED) is 0.794. The molecule has 0 aromatic heterocycles. The third-order valence-corrected chi connectivity index (χ3v) is 3.60. The van der Waals surface area contributed by atoms with E-state index in [-0.39, 0.29) is 18.1 Å². The molecule has 1 aliphatic heterocycles. The highest BCUT2D eigenvalue weighted by Gasteiger charge is 2.31. The van der Waals surface area contributed by atoms with Gasteiger partial charge >= 0.3 is 0 Å². The van der Waals surface area contributed by atoms with Crippen molar-refractivity contribution in [2.75, 3.05) is 12.0 Å². The Morgan fingerprint density at radius 1 is 1.05 bits per heavy atom. The number of hydrogen-bond acceptors (Lipinski definition) is 3. The van der Waals surface area contributed by atoms with Crippen LogP contribution in [0.4, 0.5) is 11.4 Å². The average Bonchev–Trinajstić information content (AvgIpc) is 2.48. The number of nitrogens with zero attached hydrogens (tertiary/aromatic N) is 1. The van der Waals surface area contributed by atoms with Crippen molar-refractivity contribution in [2.24, 2.45) is 0 Å². The van der Waals surface area contributed by atoms with Gasteiger partial charge in [0.05, 0.1) is 19.2 Å². The summed E-state index contributed by atoms with van der Waals surface area (Å²) in [5, 5.41) is 0. The Bertz CT molecular complexity index is 719. The zero-order valence-electron chi connectivity index (χ0n) is 11.9. The van der Waals surface area contributed by atoms with Crippen molar-refractivity contribution in [3.05, 3.63) is 53.6 Å². The summed E-state index contributed by atoms with van der Waals surface area (Å²) in [4.78, 5) is 25.9. The zero-order chi connectivity index (χ0) is 15.0. The van der Waals surface area contributed by atoms with Crippen molar-refractivity contribution in [1.29, 1.82) is 0 Å². The van der Waals surface area contributed by atoms with Gasteiger partial charge in [-0.2, -0.15) is 0 Å². The van der Waals surface area contributed by atoms with Crippen LogP contribution in [-0.4, -0.2) is 18.8 Å². The van der Waals surface area contributed by atoms with E-state index in [1.807, 2.05) is 31.2 Å². The van der Waals surface area contributed by atoms with Gasteiger partial charge in [-0.1, -0.05) is 17.7 Å². The number of aryl methyl sites for hydroxylation is 1. The number of benzene rings is 2. The molecule has 2 aromatic carbocycles. The second kappa shape index (κ2) is 5.05. The minimum absolute atomic E-state index is 0.104. The van der Waals surface area contributed by atoms with Crippen LogP contribution < -0.4 is 9.64 Å². The molecule has 106 valence electrons. The first kappa shape index (κ1) is 13.4. The zero-order valence-corrected chi connectivity index (χ0v) is 11.9. The number of methoxy groups -OCH3 is 1. The number of fused-ring (bicyclic) bond motifs is 1. The summed E-state index contributed by atoms with van der Waals surface area (Å²) >= 11 is 0. The van der Waals surface area contributed by atoms with Gasteiger partial charge in [-0.25, -0.2) is 0 Å². The van der Waals surface area contributed by atoms with Gasteiger partial charge < -0.3 is 4.74 Å². The summed E-state index contributed by atoms with van der Waals surface area (Å²) in [5.74, 6) is 0.249. The second-order valence-electron chi connectivity index (χ2n) is 5.05. The fourth-order valence-corrected chi connectivity index (χ4v) is 2.48. The van der Waals surface area contributed by atoms with Crippen LogP contribution in [-0.2, 0) is 4.79 Å². The van der Waals surface area contributed by atoms with Crippen LogP contribution >= 0.6 is 0 Å². The summed E-state index contributed by atoms with van der Waals surface area (Å²) in [6, 6.07) is 12.8. The number of rotatable bonds is 2. The van der Waals surface area contributed by atoms with Crippen molar-refractivity contribution in [1.82, 2.24) is 0 Å². The molecule has 4 heteroatoms. The van der Waals surface area contributed by atoms with Crippen molar-refractivity contribution >= 4 is 23.1 Å². The van der Waals surface area contributed by atoms with Gasteiger partial charge in [0.1, 0.15) is 5.75 Å². The van der Waals surface area contributed by atoms with Crippen molar-refractivity contribution < 1.29 is 14.3 Å². The lowest BCUT2D eigenvalue weighted by Gasteiger charge is -2.29. The molecule has 0 saturated carbocycles. The first-order chi connectivity index (χ1) is 10.1. The van der Waals surface area contributed by atoms with Crippen LogP contribution in [0, 0.1) is 6.92 Å². The summed E-state index contributed by atoms with van der Waals surface area (Å²) in [6.45, 7) is 1.99. The lowest BCUT2D eigenvalue weighted by Crippen LogP contribution is -2.33. The SMILES string of the molecule is COc1ccc2c(c1)N(c1ccc(C)cc1)C(=O)CC2=O. The first-order valence-electron chi connectivity index (χ1n) is 6.71. The molecule has 4 nitrogen and oxygen atoms in total. The Morgan fingerprint density at radius 3 is 2.43 bits per heavy atom. The molecule has 1 heterocycles. The normalized spacial score (nSPS) is 14.1. The van der Waals surface area contributed by atoms with Gasteiger partial charge in [0, 0.05) is 17.3 Å². The van der Waals surface area contributed by atoms with E-state index in [4.69, 9.17) is 4.74 Å². The number of hydrogen-bond donors (Lipinski definition) is 0. The maximum atomic E-state index is 12.3. The molecule has 3 rings (SSSR count). The van der Waals surface area contributed by atoms with E-state index in [2.05, 4.69) is 0 Å². The van der Waals surface area contributed by atoms with Crippen LogP contribution in [0.15, 0.2) is 42.5 Å². The molecule has 2 aromatic rings. The molecule has 0 spiro atoms. The molecular formula is C17H15NO3. The minimum Gasteiger partial charge on any atom is -0.497 e. The standard InChI is InChI=1S/C17H15NO3/c1-11-3-5-12(6-4-11)18-15-9-13(21-2)7-8-14(15)16(19)10-17(18)20/h3-9H,10H2,1-2H3. The summed E-state index contributed by atoms with van der Waals surface area (Å²) in [5.41, 5.74) is 3.01. The number of anilines is 2. The van der Waals surface area contributed by atoms with Crippen LogP contribution in [0.5, 0.6) is 5.75 Å². The maximum absolute atomic E-state index is 12.3. The Balaban J connectivity index is 2.17. The van der Waals surface area contributed by atoms with E-state index >= 15 is 0 Å². The highest BCUT2D eigenvalue weighted by molar-refractivity contribution is 6.22. The predicted molar refractivity (Wildman–Crippen MR) is 80.3 cm³/mol. The molecule has 0 radical (unpaired) electrons. The number of ether oxygens (including phenoxy) is 1. The molecule has 0 saturated heterocycles. The third kappa shape index (κ3) is 2.29. The molecule has 21 heavy (non-hydrogen) atoms. The largest absolute Gasteiger partial charge is 0.497 e. The lowest BCUT2D eigenvalue weighted by atomic mass is 9.98. The number of ketones is 1. The van der Waals surface area contributed by atoms with Gasteiger partial charge in [0.2, 0.25) is 5.91 Å². The van der Waals surface area contributed by atoms with E-state index in [0.29, 0.717) is 17.0 Å². The summed E-state index contributed by atoms with van der Waals surface area (Å²) in [6.07, 6.45) is -0.104. The molecule has 1 amide bonds. The van der Waals surface area contributed by atoms with Gasteiger partial charge in [-0.3, -0.25) is 14.5 Å². The average molecular weight is 281 g/mol. The highest BCUT2D eigenvalue weighted by atomic mass is 16.5. The van der Waals surface area contributed by atoms with Gasteiger partial charge in [-0.15, -0.1) is 0 Å². The molecule has 0 atom stereocenters. The van der Waals surface area contributed by atoms with Crippen LogP contribution in [0.2, 0.25) is 0 Å². The van der Waals surface area contributed by atoms with Crippen molar-refractivity contribution in [3.8, 4) is 5.75 Å². The second-order valence-corrected chi connectivity index (χ2v) is 5.05. The molecular weight excluding hydrogens is 266 g/mol. The van der Waals surface area contributed by atoms with Crippen LogP contribution in [0.3, 0.4) is 0 Å². The van der Waals surface area contributed by atoms with E-state index < -0.39 is 0 Å². The molecule has 0 bridgehead atoms. The Kier molecular flexibility index (Phi) is 3.22. The number of carbonyl (C=O) groups excluding carboxylic acids is 2. The third-order valence-electron chi connectivity index (χ3n) is 3.60. The van der Waals surface area contributed by atoms with Crippen LogP contribution in [0.1, 0.15) is 22.3 Å². The van der Waals surface area contributed by atoms with Gasteiger partial charge in [-0.05, 0) is 31.2 Å². The topological polar surface area (TPSA) is 46.6 Å². The Morgan fingerprint density at radius 2 is 1.76 bits per heavy atom. The Labute approximate surface area is 123 Å². The predicted octanol–water partition coefficient (Wildman–Crippen LogP) is 3.25. The monoisotopic (exact) mass is 281 g/mol. The smallest absolute Gasteiger partial charge is 0.239 e. The molecule has 0 aliphatic carbocycles. The summed E-state index contributed by atoms with van der Waals surface area (Å²) < 4.78 is 5.20.